The molecule has 0 aliphatic carbocycles. The highest BCUT2D eigenvalue weighted by Gasteiger charge is 2.21. The van der Waals surface area contributed by atoms with Crippen molar-refractivity contribution in [3.8, 4) is 0 Å². The number of nitrogens with two attached hydrogens (primary N) is 1. The number of halogens is 1. The Kier molecular flexibility index (Phi) is 4.47. The van der Waals surface area contributed by atoms with Gasteiger partial charge in [-0.1, -0.05) is 12.1 Å². The van der Waals surface area contributed by atoms with E-state index in [1.165, 1.54) is 17.3 Å². The predicted molar refractivity (Wildman–Crippen MR) is 75.0 cm³/mol. The van der Waals surface area contributed by atoms with Crippen LogP contribution in [0, 0.1) is 5.82 Å². The molecule has 0 saturated carbocycles. The van der Waals surface area contributed by atoms with Crippen LogP contribution in [0.25, 0.3) is 0 Å². The highest BCUT2D eigenvalue weighted by molar-refractivity contribution is 6.04. The second-order valence-electron chi connectivity index (χ2n) is 4.47. The van der Waals surface area contributed by atoms with Crippen molar-refractivity contribution in [3.05, 3.63) is 48.3 Å². The third-order valence-electron chi connectivity index (χ3n) is 2.90. The van der Waals surface area contributed by atoms with Gasteiger partial charge in [-0.2, -0.15) is 0 Å². The average molecular weight is 276 g/mol. The number of carbonyl (C=O) groups excluding carboxylic acids is 1. The third-order valence-corrected chi connectivity index (χ3v) is 2.90. The Hall–Kier alpha value is -2.21. The van der Waals surface area contributed by atoms with Gasteiger partial charge in [0.25, 0.3) is 5.91 Å². The molecule has 106 valence electrons. The second-order valence-corrected chi connectivity index (χ2v) is 4.47. The lowest BCUT2D eigenvalue weighted by atomic mass is 10.2. The minimum atomic E-state index is -0.436. The number of nitrogens with zero attached hydrogens (tertiary/aromatic N) is 3. The highest BCUT2D eigenvalue weighted by atomic mass is 19.1. The molecule has 0 spiro atoms. The van der Waals surface area contributed by atoms with Crippen LogP contribution < -0.4 is 10.6 Å². The molecule has 2 N–H and O–H groups in total. The van der Waals surface area contributed by atoms with Crippen molar-refractivity contribution < 1.29 is 9.18 Å². The van der Waals surface area contributed by atoms with E-state index < -0.39 is 5.82 Å². The van der Waals surface area contributed by atoms with E-state index in [9.17, 15) is 9.18 Å². The fraction of sp³-hybridized carbons (Fsp3) is 0.286. The number of aromatic nitrogens is 2. The average Bonchev–Trinajstić information content (AvgIpc) is 2.87. The zero-order valence-corrected chi connectivity index (χ0v) is 11.3. The summed E-state index contributed by atoms with van der Waals surface area (Å²) in [5.41, 5.74) is 6.02. The minimum absolute atomic E-state index is 0.247. The van der Waals surface area contributed by atoms with E-state index in [1.807, 2.05) is 0 Å². The van der Waals surface area contributed by atoms with E-state index >= 15 is 0 Å². The van der Waals surface area contributed by atoms with Gasteiger partial charge in [-0.3, -0.25) is 4.79 Å². The van der Waals surface area contributed by atoms with Crippen LogP contribution in [0.4, 0.5) is 10.1 Å². The van der Waals surface area contributed by atoms with Crippen LogP contribution in [0.2, 0.25) is 0 Å². The number of amides is 1. The first-order valence-corrected chi connectivity index (χ1v) is 6.38. The monoisotopic (exact) mass is 276 g/mol. The van der Waals surface area contributed by atoms with Crippen LogP contribution in [-0.2, 0) is 7.05 Å². The van der Waals surface area contributed by atoms with Gasteiger partial charge in [0.2, 0.25) is 0 Å². The number of benzene rings is 1. The van der Waals surface area contributed by atoms with Gasteiger partial charge < -0.3 is 15.2 Å². The van der Waals surface area contributed by atoms with E-state index in [0.29, 0.717) is 19.5 Å². The first kappa shape index (κ1) is 14.2. The molecule has 0 bridgehead atoms. The molecule has 2 rings (SSSR count). The number of hydrogen-bond acceptors (Lipinski definition) is 3. The van der Waals surface area contributed by atoms with Crippen molar-refractivity contribution in [3.63, 3.8) is 0 Å². The molecular formula is C14H17FN4O. The molecule has 5 nitrogen and oxygen atoms in total. The molecular weight excluding hydrogens is 259 g/mol. The van der Waals surface area contributed by atoms with E-state index in [4.69, 9.17) is 5.73 Å². The summed E-state index contributed by atoms with van der Waals surface area (Å²) in [4.78, 5) is 17.9. The summed E-state index contributed by atoms with van der Waals surface area (Å²) in [5.74, 6) is -0.766. The molecule has 0 aliphatic rings. The maximum Gasteiger partial charge on any atom is 0.278 e. The summed E-state index contributed by atoms with van der Waals surface area (Å²) in [5, 5.41) is 0. The van der Waals surface area contributed by atoms with Gasteiger partial charge in [-0.25, -0.2) is 9.37 Å². The number of aryl methyl sites for hydroxylation is 1. The second kappa shape index (κ2) is 6.29. The Labute approximate surface area is 116 Å². The fourth-order valence-electron chi connectivity index (χ4n) is 1.91. The van der Waals surface area contributed by atoms with Gasteiger partial charge in [0, 0.05) is 19.8 Å². The van der Waals surface area contributed by atoms with Crippen LogP contribution in [0.15, 0.2) is 36.8 Å². The van der Waals surface area contributed by atoms with Crippen molar-refractivity contribution in [1.82, 2.24) is 9.55 Å². The molecule has 6 heteroatoms. The highest BCUT2D eigenvalue weighted by Crippen LogP contribution is 2.20. The van der Waals surface area contributed by atoms with Gasteiger partial charge in [-0.05, 0) is 25.1 Å². The fourth-order valence-corrected chi connectivity index (χ4v) is 1.91. The maximum atomic E-state index is 13.9. The van der Waals surface area contributed by atoms with Crippen molar-refractivity contribution >= 4 is 11.6 Å². The molecule has 0 unspecified atom stereocenters. The number of hydrogen-bond donors (Lipinski definition) is 1. The number of para-hydroxylation sites is 1. The summed E-state index contributed by atoms with van der Waals surface area (Å²) in [6, 6.07) is 6.19. The Morgan fingerprint density at radius 3 is 2.80 bits per heavy atom. The largest absolute Gasteiger partial charge is 0.340 e. The normalized spacial score (nSPS) is 10.6. The number of carbonyl (C=O) groups is 1. The lowest BCUT2D eigenvalue weighted by Crippen LogP contribution is -2.34. The molecule has 1 aromatic carbocycles. The standard InChI is InChI=1S/C14H17FN4O/c1-18-9-12(17-10-18)14(20)19(8-4-7-16)13-6-3-2-5-11(13)15/h2-3,5-6,9-10H,4,7-8,16H2,1H3. The summed E-state index contributed by atoms with van der Waals surface area (Å²) in [6.45, 7) is 0.785. The molecule has 0 saturated heterocycles. The van der Waals surface area contributed by atoms with E-state index in [1.54, 1.807) is 36.0 Å². The van der Waals surface area contributed by atoms with Gasteiger partial charge in [0.15, 0.2) is 0 Å². The van der Waals surface area contributed by atoms with Crippen LogP contribution in [0.3, 0.4) is 0 Å². The zero-order valence-electron chi connectivity index (χ0n) is 11.3. The molecule has 2 aromatic rings. The summed E-state index contributed by atoms with van der Waals surface area (Å²) >= 11 is 0. The molecule has 0 radical (unpaired) electrons. The van der Waals surface area contributed by atoms with E-state index in [0.717, 1.165) is 0 Å². The van der Waals surface area contributed by atoms with Crippen LogP contribution in [-0.4, -0.2) is 28.5 Å². The van der Waals surface area contributed by atoms with Crippen LogP contribution >= 0.6 is 0 Å². The maximum absolute atomic E-state index is 13.9. The summed E-state index contributed by atoms with van der Waals surface area (Å²) < 4.78 is 15.6. The molecule has 20 heavy (non-hydrogen) atoms. The lowest BCUT2D eigenvalue weighted by molar-refractivity contribution is 0.0981. The zero-order chi connectivity index (χ0) is 14.5. The molecule has 1 amide bonds. The smallest absolute Gasteiger partial charge is 0.278 e. The van der Waals surface area contributed by atoms with Crippen LogP contribution in [0.5, 0.6) is 0 Å². The van der Waals surface area contributed by atoms with E-state index in [2.05, 4.69) is 4.98 Å². The van der Waals surface area contributed by atoms with Gasteiger partial charge in [0.05, 0.1) is 12.0 Å². The predicted octanol–water partition coefficient (Wildman–Crippen LogP) is 1.55. The topological polar surface area (TPSA) is 64.2 Å². The summed E-state index contributed by atoms with van der Waals surface area (Å²) in [6.07, 6.45) is 3.74. The van der Waals surface area contributed by atoms with Crippen LogP contribution in [0.1, 0.15) is 16.9 Å². The molecule has 0 aliphatic heterocycles. The molecule has 0 atom stereocenters. The van der Waals surface area contributed by atoms with Crippen molar-refractivity contribution in [2.45, 2.75) is 6.42 Å². The SMILES string of the molecule is Cn1cnc(C(=O)N(CCCN)c2ccccc2F)c1. The summed E-state index contributed by atoms with van der Waals surface area (Å²) in [7, 11) is 1.77. The van der Waals surface area contributed by atoms with Gasteiger partial charge in [-0.15, -0.1) is 0 Å². The third kappa shape index (κ3) is 3.03. The Morgan fingerprint density at radius 1 is 1.45 bits per heavy atom. The Balaban J connectivity index is 2.32. The van der Waals surface area contributed by atoms with Gasteiger partial charge in [0.1, 0.15) is 11.5 Å². The number of rotatable bonds is 5. The number of imidazole rings is 1. The minimum Gasteiger partial charge on any atom is -0.340 e. The first-order valence-electron chi connectivity index (χ1n) is 6.38. The lowest BCUT2D eigenvalue weighted by Gasteiger charge is -2.22. The Bertz CT molecular complexity index is 596. The molecule has 1 heterocycles. The van der Waals surface area contributed by atoms with Gasteiger partial charge >= 0.3 is 0 Å². The molecule has 1 aromatic heterocycles. The van der Waals surface area contributed by atoms with Crippen molar-refractivity contribution in [2.75, 3.05) is 18.0 Å². The van der Waals surface area contributed by atoms with Crippen molar-refractivity contribution in [2.24, 2.45) is 12.8 Å². The van der Waals surface area contributed by atoms with E-state index in [-0.39, 0.29) is 17.3 Å². The first-order chi connectivity index (χ1) is 9.63. The van der Waals surface area contributed by atoms with Crippen molar-refractivity contribution in [1.29, 1.82) is 0 Å². The molecule has 0 fully saturated rings. The quantitative estimate of drug-likeness (QED) is 0.901. The number of anilines is 1. The Morgan fingerprint density at radius 2 is 2.20 bits per heavy atom.